The minimum atomic E-state index is -0.944. The van der Waals surface area contributed by atoms with Gasteiger partial charge in [0.15, 0.2) is 5.79 Å². The van der Waals surface area contributed by atoms with E-state index in [-0.39, 0.29) is 12.0 Å². The van der Waals surface area contributed by atoms with E-state index >= 15 is 0 Å². The maximum atomic E-state index is 12.7. The number of anilines is 1. The zero-order valence-electron chi connectivity index (χ0n) is 19.9. The monoisotopic (exact) mass is 527 g/mol. The molecule has 2 fully saturated rings. The number of carbonyl (C=O) groups is 1. The second-order valence-electron chi connectivity index (χ2n) is 8.94. The molecule has 1 amide bonds. The molecule has 1 aromatic heterocycles. The van der Waals surface area contributed by atoms with Crippen molar-refractivity contribution >= 4 is 34.8 Å². The topological polar surface area (TPSA) is 64.1 Å². The van der Waals surface area contributed by atoms with Crippen LogP contribution in [0, 0.1) is 0 Å². The maximum Gasteiger partial charge on any atom is 0.254 e. The van der Waals surface area contributed by atoms with Crippen molar-refractivity contribution in [3.63, 3.8) is 0 Å². The highest BCUT2D eigenvalue weighted by Crippen LogP contribution is 2.38. The third-order valence-electron chi connectivity index (χ3n) is 6.49. The number of nitrogens with zero attached hydrogens (tertiary/aromatic N) is 3. The molecule has 0 spiro atoms. The Morgan fingerprint density at radius 3 is 2.47 bits per heavy atom. The van der Waals surface area contributed by atoms with Crippen molar-refractivity contribution in [3.05, 3.63) is 88.2 Å². The number of benzene rings is 2. The van der Waals surface area contributed by atoms with Crippen LogP contribution in [0.2, 0.25) is 10.0 Å². The van der Waals surface area contributed by atoms with Gasteiger partial charge < -0.3 is 24.0 Å². The van der Waals surface area contributed by atoms with E-state index in [2.05, 4.69) is 9.88 Å². The Balaban J connectivity index is 1.11. The Morgan fingerprint density at radius 2 is 1.78 bits per heavy atom. The molecule has 0 unspecified atom stereocenters. The molecule has 36 heavy (non-hydrogen) atoms. The lowest BCUT2D eigenvalue weighted by atomic mass is 10.1. The molecule has 0 radical (unpaired) electrons. The fraction of sp³-hybridized carbons (Fsp3) is 0.333. The average molecular weight is 528 g/mol. The molecule has 3 aromatic rings. The highest BCUT2D eigenvalue weighted by molar-refractivity contribution is 6.35. The first-order valence-electron chi connectivity index (χ1n) is 11.9. The fourth-order valence-corrected chi connectivity index (χ4v) is 5.09. The van der Waals surface area contributed by atoms with Gasteiger partial charge in [-0.05, 0) is 55.5 Å². The molecule has 2 aliphatic rings. The molecule has 0 bridgehead atoms. The van der Waals surface area contributed by atoms with Crippen LogP contribution in [0.25, 0.3) is 0 Å². The highest BCUT2D eigenvalue weighted by Gasteiger charge is 2.40. The summed E-state index contributed by atoms with van der Waals surface area (Å²) in [7, 11) is 0. The van der Waals surface area contributed by atoms with Crippen molar-refractivity contribution in [1.82, 2.24) is 9.88 Å². The predicted octanol–water partition coefficient (Wildman–Crippen LogP) is 5.02. The number of amides is 1. The molecule has 7 nitrogen and oxygen atoms in total. The summed E-state index contributed by atoms with van der Waals surface area (Å²) in [5, 5.41) is 1.07. The molecule has 9 heteroatoms. The minimum absolute atomic E-state index is 0.0494. The first-order valence-corrected chi connectivity index (χ1v) is 12.6. The van der Waals surface area contributed by atoms with E-state index in [1.165, 1.54) is 0 Å². The van der Waals surface area contributed by atoms with Crippen LogP contribution in [0.5, 0.6) is 5.75 Å². The van der Waals surface area contributed by atoms with Gasteiger partial charge in [-0.1, -0.05) is 29.3 Å². The first-order chi connectivity index (χ1) is 17.4. The van der Waals surface area contributed by atoms with E-state index in [0.29, 0.717) is 41.9 Å². The Labute approximate surface area is 220 Å². The van der Waals surface area contributed by atoms with Crippen molar-refractivity contribution in [1.29, 1.82) is 0 Å². The summed E-state index contributed by atoms with van der Waals surface area (Å²) in [6, 6.07) is 16.8. The highest BCUT2D eigenvalue weighted by atomic mass is 35.5. The van der Waals surface area contributed by atoms with Gasteiger partial charge in [-0.15, -0.1) is 0 Å². The van der Waals surface area contributed by atoms with Crippen LogP contribution in [-0.4, -0.2) is 61.3 Å². The molecule has 0 N–H and O–H groups in total. The SMILES string of the molecule is C[C@]1(c2ccc(Cl)cc2Cl)OC[C@@H](COc2ccc(N3CCN(C(=O)c4ccncc4)CC3)cc2)O1. The van der Waals surface area contributed by atoms with Crippen molar-refractivity contribution in [2.75, 3.05) is 44.3 Å². The van der Waals surface area contributed by atoms with Crippen molar-refractivity contribution in [3.8, 4) is 5.75 Å². The van der Waals surface area contributed by atoms with E-state index in [1.54, 1.807) is 36.7 Å². The zero-order chi connectivity index (χ0) is 25.1. The molecule has 5 rings (SSSR count). The van der Waals surface area contributed by atoms with Crippen LogP contribution in [0.1, 0.15) is 22.8 Å². The van der Waals surface area contributed by atoms with Gasteiger partial charge in [-0.3, -0.25) is 9.78 Å². The van der Waals surface area contributed by atoms with E-state index in [9.17, 15) is 4.79 Å². The van der Waals surface area contributed by atoms with Crippen LogP contribution in [0.15, 0.2) is 67.0 Å². The van der Waals surface area contributed by atoms with E-state index in [1.807, 2.05) is 42.2 Å². The van der Waals surface area contributed by atoms with E-state index in [0.717, 1.165) is 30.1 Å². The Morgan fingerprint density at radius 1 is 1.06 bits per heavy atom. The number of carbonyl (C=O) groups excluding carboxylic acids is 1. The Kier molecular flexibility index (Phi) is 7.34. The van der Waals surface area contributed by atoms with Gasteiger partial charge in [-0.25, -0.2) is 0 Å². The van der Waals surface area contributed by atoms with Crippen molar-refractivity contribution < 1.29 is 19.0 Å². The van der Waals surface area contributed by atoms with Crippen LogP contribution in [0.3, 0.4) is 0 Å². The largest absolute Gasteiger partial charge is 0.491 e. The summed E-state index contributed by atoms with van der Waals surface area (Å²) in [5.74, 6) is -0.138. The number of aromatic nitrogens is 1. The lowest BCUT2D eigenvalue weighted by Crippen LogP contribution is -2.48. The molecule has 3 heterocycles. The molecule has 188 valence electrons. The van der Waals surface area contributed by atoms with Gasteiger partial charge in [0.2, 0.25) is 0 Å². The summed E-state index contributed by atoms with van der Waals surface area (Å²) in [5.41, 5.74) is 2.51. The van der Waals surface area contributed by atoms with Gasteiger partial charge in [0.1, 0.15) is 18.5 Å². The minimum Gasteiger partial charge on any atom is -0.491 e. The van der Waals surface area contributed by atoms with Gasteiger partial charge in [0.25, 0.3) is 5.91 Å². The van der Waals surface area contributed by atoms with E-state index in [4.69, 9.17) is 37.4 Å². The summed E-state index contributed by atoms with van der Waals surface area (Å²) >= 11 is 12.4. The van der Waals surface area contributed by atoms with E-state index < -0.39 is 5.79 Å². The second kappa shape index (κ2) is 10.6. The van der Waals surface area contributed by atoms with Crippen molar-refractivity contribution in [2.24, 2.45) is 0 Å². The van der Waals surface area contributed by atoms with Gasteiger partial charge >= 0.3 is 0 Å². The normalized spacial score (nSPS) is 22.0. The molecule has 2 aliphatic heterocycles. The van der Waals surface area contributed by atoms with Crippen molar-refractivity contribution in [2.45, 2.75) is 18.8 Å². The third kappa shape index (κ3) is 5.44. The van der Waals surface area contributed by atoms with Gasteiger partial charge in [-0.2, -0.15) is 0 Å². The van der Waals surface area contributed by atoms with Crippen LogP contribution >= 0.6 is 23.2 Å². The zero-order valence-corrected chi connectivity index (χ0v) is 21.4. The van der Waals surface area contributed by atoms with Crippen LogP contribution in [0.4, 0.5) is 5.69 Å². The van der Waals surface area contributed by atoms with Crippen LogP contribution in [-0.2, 0) is 15.3 Å². The first kappa shape index (κ1) is 24.8. The number of pyridine rings is 1. The molecule has 0 saturated carbocycles. The summed E-state index contributed by atoms with van der Waals surface area (Å²) < 4.78 is 18.0. The lowest BCUT2D eigenvalue weighted by molar-refractivity contribution is -0.164. The molecular formula is C27H27Cl2N3O4. The molecule has 2 aromatic carbocycles. The summed E-state index contributed by atoms with van der Waals surface area (Å²) in [6.45, 7) is 5.50. The standard InChI is InChI=1S/C27H27Cl2N3O4/c1-27(24-7-2-20(28)16-25(24)29)35-18-23(36-27)17-34-22-5-3-21(4-6-22)31-12-14-32(15-13-31)26(33)19-8-10-30-11-9-19/h2-11,16,23H,12-15,17-18H2,1H3/t23-,27+/m1/s1. The smallest absolute Gasteiger partial charge is 0.254 e. The molecular weight excluding hydrogens is 501 g/mol. The molecule has 0 aliphatic carbocycles. The van der Waals surface area contributed by atoms with Crippen LogP contribution < -0.4 is 9.64 Å². The Bertz CT molecular complexity index is 1200. The third-order valence-corrected chi connectivity index (χ3v) is 7.04. The molecule has 2 saturated heterocycles. The number of hydrogen-bond acceptors (Lipinski definition) is 6. The number of ether oxygens (including phenoxy) is 3. The number of piperazine rings is 1. The number of rotatable bonds is 6. The second-order valence-corrected chi connectivity index (χ2v) is 9.78. The molecule has 2 atom stereocenters. The fourth-order valence-electron chi connectivity index (χ4n) is 4.51. The number of halogens is 2. The maximum absolute atomic E-state index is 12.7. The van der Waals surface area contributed by atoms with Gasteiger partial charge in [0.05, 0.1) is 11.6 Å². The lowest BCUT2D eigenvalue weighted by Gasteiger charge is -2.36. The summed E-state index contributed by atoms with van der Waals surface area (Å²) in [4.78, 5) is 20.8. The quantitative estimate of drug-likeness (QED) is 0.448. The van der Waals surface area contributed by atoms with Gasteiger partial charge in [0, 0.05) is 60.4 Å². The average Bonchev–Trinajstić information content (AvgIpc) is 3.29. The Hall–Kier alpha value is -2.84. The summed E-state index contributed by atoms with van der Waals surface area (Å²) in [6.07, 6.45) is 3.06. The predicted molar refractivity (Wildman–Crippen MR) is 139 cm³/mol. The number of hydrogen-bond donors (Lipinski definition) is 0.